The average Bonchev–Trinajstić information content (AvgIpc) is 2.64. The Morgan fingerprint density at radius 3 is 1.94 bits per heavy atom. The molecule has 0 radical (unpaired) electrons. The molecule has 4 nitrogen and oxygen atoms in total. The second-order valence-electron chi connectivity index (χ2n) is 5.09. The van der Waals surface area contributed by atoms with E-state index in [4.69, 9.17) is 5.73 Å². The van der Waals surface area contributed by atoms with Gasteiger partial charge in [-0.05, 0) is 37.8 Å². The molecular weight excluding hydrogens is 228 g/mol. The second-order valence-corrected chi connectivity index (χ2v) is 5.09. The first-order valence-corrected chi connectivity index (χ1v) is 6.41. The number of fused-ring (bicyclic) bond motifs is 1. The van der Waals surface area contributed by atoms with Crippen molar-refractivity contribution < 1.29 is 9.59 Å². The zero-order valence-corrected chi connectivity index (χ0v) is 10.1. The fourth-order valence-electron chi connectivity index (χ4n) is 2.90. The summed E-state index contributed by atoms with van der Waals surface area (Å²) in [6.45, 7) is 0. The zero-order chi connectivity index (χ0) is 12.7. The predicted octanol–water partition coefficient (Wildman–Crippen LogP) is 1.55. The van der Waals surface area contributed by atoms with E-state index in [2.05, 4.69) is 0 Å². The van der Waals surface area contributed by atoms with E-state index in [9.17, 15) is 9.59 Å². The predicted molar refractivity (Wildman–Crippen MR) is 67.2 cm³/mol. The maximum absolute atomic E-state index is 12.3. The fraction of sp³-hybridized carbons (Fsp3) is 0.429. The number of carbonyl (C=O) groups excluding carboxylic acids is 2. The van der Waals surface area contributed by atoms with Crippen LogP contribution in [0.1, 0.15) is 46.4 Å². The van der Waals surface area contributed by atoms with Gasteiger partial charge in [-0.25, -0.2) is 0 Å². The van der Waals surface area contributed by atoms with Gasteiger partial charge in [-0.1, -0.05) is 12.1 Å². The highest BCUT2D eigenvalue weighted by Crippen LogP contribution is 2.30. The van der Waals surface area contributed by atoms with E-state index < -0.39 is 0 Å². The Bertz CT molecular complexity index is 469. The van der Waals surface area contributed by atoms with Crippen molar-refractivity contribution in [3.8, 4) is 0 Å². The molecular formula is C14H16N2O2. The van der Waals surface area contributed by atoms with E-state index in [1.165, 1.54) is 4.90 Å². The molecule has 94 valence electrons. The van der Waals surface area contributed by atoms with Gasteiger partial charge in [0.25, 0.3) is 11.8 Å². The molecule has 1 aliphatic carbocycles. The summed E-state index contributed by atoms with van der Waals surface area (Å²) >= 11 is 0. The van der Waals surface area contributed by atoms with Crippen LogP contribution in [0.2, 0.25) is 0 Å². The van der Waals surface area contributed by atoms with Crippen LogP contribution in [0.15, 0.2) is 24.3 Å². The van der Waals surface area contributed by atoms with Gasteiger partial charge in [-0.2, -0.15) is 0 Å². The van der Waals surface area contributed by atoms with Crippen LogP contribution in [0, 0.1) is 0 Å². The van der Waals surface area contributed by atoms with E-state index in [1.807, 2.05) is 0 Å². The molecule has 1 saturated carbocycles. The monoisotopic (exact) mass is 244 g/mol. The van der Waals surface area contributed by atoms with Crippen LogP contribution in [-0.2, 0) is 0 Å². The Labute approximate surface area is 106 Å². The molecule has 2 N–H and O–H groups in total. The summed E-state index contributed by atoms with van der Waals surface area (Å²) in [6.07, 6.45) is 3.43. The number of benzene rings is 1. The Balaban J connectivity index is 1.88. The summed E-state index contributed by atoms with van der Waals surface area (Å²) in [5.41, 5.74) is 6.94. The molecule has 1 heterocycles. The quantitative estimate of drug-likeness (QED) is 0.762. The number of hydrogen-bond donors (Lipinski definition) is 1. The maximum Gasteiger partial charge on any atom is 0.261 e. The van der Waals surface area contributed by atoms with E-state index >= 15 is 0 Å². The van der Waals surface area contributed by atoms with Crippen molar-refractivity contribution in [2.45, 2.75) is 37.8 Å². The third-order valence-corrected chi connectivity index (χ3v) is 3.93. The molecule has 0 unspecified atom stereocenters. The van der Waals surface area contributed by atoms with Crippen molar-refractivity contribution in [1.29, 1.82) is 0 Å². The Morgan fingerprint density at radius 2 is 1.44 bits per heavy atom. The lowest BCUT2D eigenvalue weighted by Gasteiger charge is -2.31. The Hall–Kier alpha value is -1.68. The number of carbonyl (C=O) groups is 2. The molecule has 0 saturated heterocycles. The van der Waals surface area contributed by atoms with Gasteiger partial charge < -0.3 is 5.73 Å². The highest BCUT2D eigenvalue weighted by molar-refractivity contribution is 6.21. The molecule has 4 heteroatoms. The number of nitrogens with zero attached hydrogens (tertiary/aromatic N) is 1. The van der Waals surface area contributed by atoms with Crippen molar-refractivity contribution in [2.24, 2.45) is 5.73 Å². The largest absolute Gasteiger partial charge is 0.328 e. The van der Waals surface area contributed by atoms with Gasteiger partial charge in [0.1, 0.15) is 0 Å². The standard InChI is InChI=1S/C14H16N2O2/c15-9-5-7-10(8-6-9)16-13(17)11-3-1-2-4-12(11)14(16)18/h1-4,9-10H,5-8,15H2/t9-,10-. The van der Waals surface area contributed by atoms with Crippen LogP contribution in [0.5, 0.6) is 0 Å². The third-order valence-electron chi connectivity index (χ3n) is 3.93. The van der Waals surface area contributed by atoms with Crippen LogP contribution in [0.4, 0.5) is 0 Å². The maximum atomic E-state index is 12.3. The highest BCUT2D eigenvalue weighted by atomic mass is 16.2. The van der Waals surface area contributed by atoms with Gasteiger partial charge in [0.05, 0.1) is 11.1 Å². The molecule has 1 fully saturated rings. The van der Waals surface area contributed by atoms with Crippen molar-refractivity contribution in [2.75, 3.05) is 0 Å². The zero-order valence-electron chi connectivity index (χ0n) is 10.1. The van der Waals surface area contributed by atoms with Crippen molar-refractivity contribution >= 4 is 11.8 Å². The van der Waals surface area contributed by atoms with E-state index in [-0.39, 0.29) is 23.9 Å². The molecule has 0 atom stereocenters. The van der Waals surface area contributed by atoms with Crippen LogP contribution >= 0.6 is 0 Å². The summed E-state index contributed by atoms with van der Waals surface area (Å²) in [5.74, 6) is -0.285. The smallest absolute Gasteiger partial charge is 0.261 e. The molecule has 3 rings (SSSR count). The van der Waals surface area contributed by atoms with E-state index in [0.29, 0.717) is 11.1 Å². The minimum Gasteiger partial charge on any atom is -0.328 e. The van der Waals surface area contributed by atoms with Crippen LogP contribution < -0.4 is 5.73 Å². The number of rotatable bonds is 1. The third kappa shape index (κ3) is 1.64. The Kier molecular flexibility index (Phi) is 2.67. The SMILES string of the molecule is N[C@H]1CC[C@H](N2C(=O)c3ccccc3C2=O)CC1. The molecule has 2 aliphatic rings. The highest BCUT2D eigenvalue weighted by Gasteiger charge is 2.40. The normalized spacial score (nSPS) is 27.5. The van der Waals surface area contributed by atoms with Gasteiger partial charge in [0.2, 0.25) is 0 Å². The van der Waals surface area contributed by atoms with Crippen molar-refractivity contribution in [3.63, 3.8) is 0 Å². The molecule has 1 aromatic carbocycles. The summed E-state index contributed by atoms with van der Waals surface area (Å²) in [6, 6.07) is 7.29. The molecule has 1 aromatic rings. The molecule has 0 bridgehead atoms. The first-order valence-electron chi connectivity index (χ1n) is 6.41. The van der Waals surface area contributed by atoms with Crippen LogP contribution in [0.25, 0.3) is 0 Å². The lowest BCUT2D eigenvalue weighted by molar-refractivity contribution is 0.0543. The van der Waals surface area contributed by atoms with Gasteiger partial charge in [0, 0.05) is 12.1 Å². The lowest BCUT2D eigenvalue weighted by Crippen LogP contribution is -2.43. The van der Waals surface area contributed by atoms with Gasteiger partial charge in [0.15, 0.2) is 0 Å². The van der Waals surface area contributed by atoms with Gasteiger partial charge in [-0.15, -0.1) is 0 Å². The number of amides is 2. The lowest BCUT2D eigenvalue weighted by atomic mass is 9.91. The van der Waals surface area contributed by atoms with Gasteiger partial charge in [-0.3, -0.25) is 14.5 Å². The first kappa shape index (κ1) is 11.4. The fourth-order valence-corrected chi connectivity index (χ4v) is 2.90. The molecule has 0 aromatic heterocycles. The van der Waals surface area contributed by atoms with E-state index in [1.54, 1.807) is 24.3 Å². The molecule has 18 heavy (non-hydrogen) atoms. The minimum absolute atomic E-state index is 0.0252. The number of hydrogen-bond acceptors (Lipinski definition) is 3. The van der Waals surface area contributed by atoms with Crippen LogP contribution in [0.3, 0.4) is 0 Å². The van der Waals surface area contributed by atoms with Gasteiger partial charge >= 0.3 is 0 Å². The molecule has 2 amide bonds. The average molecular weight is 244 g/mol. The Morgan fingerprint density at radius 1 is 0.944 bits per heavy atom. The minimum atomic E-state index is -0.143. The molecule has 0 spiro atoms. The topological polar surface area (TPSA) is 63.4 Å². The second kappa shape index (κ2) is 4.21. The first-order chi connectivity index (χ1) is 8.68. The van der Waals surface area contributed by atoms with Crippen molar-refractivity contribution in [1.82, 2.24) is 4.90 Å². The van der Waals surface area contributed by atoms with Crippen molar-refractivity contribution in [3.05, 3.63) is 35.4 Å². The molecule has 1 aliphatic heterocycles. The summed E-state index contributed by atoms with van der Waals surface area (Å²) in [4.78, 5) is 26.0. The summed E-state index contributed by atoms with van der Waals surface area (Å²) in [5, 5.41) is 0. The number of imide groups is 1. The number of nitrogens with two attached hydrogens (primary N) is 1. The summed E-state index contributed by atoms with van der Waals surface area (Å²) in [7, 11) is 0. The summed E-state index contributed by atoms with van der Waals surface area (Å²) < 4.78 is 0. The van der Waals surface area contributed by atoms with Crippen LogP contribution in [-0.4, -0.2) is 28.8 Å². The van der Waals surface area contributed by atoms with E-state index in [0.717, 1.165) is 25.7 Å².